The Balaban J connectivity index is 1.67. The fourth-order valence-corrected chi connectivity index (χ4v) is 6.31. The Hall–Kier alpha value is -4.75. The first-order chi connectivity index (χ1) is 24.3. The molecule has 5 rings (SSSR count). The third-order valence-corrected chi connectivity index (χ3v) is 8.51. The molecule has 272 valence electrons. The average molecular weight is 715 g/mol. The molecular weight excluding hydrogens is 675 g/mol. The summed E-state index contributed by atoms with van der Waals surface area (Å²) in [7, 11) is 0. The summed E-state index contributed by atoms with van der Waals surface area (Å²) >= 11 is 0. The molecule has 0 bridgehead atoms. The minimum absolute atomic E-state index is 0.0427. The first-order valence-electron chi connectivity index (χ1n) is 16.6. The fourth-order valence-electron chi connectivity index (χ4n) is 6.31. The largest absolute Gasteiger partial charge is 0.488 e. The lowest BCUT2D eigenvalue weighted by Crippen LogP contribution is -2.37. The van der Waals surface area contributed by atoms with Crippen molar-refractivity contribution in [2.45, 2.75) is 58.5 Å². The Bertz CT molecular complexity index is 1910. The zero-order chi connectivity index (χ0) is 36.9. The SMILES string of the molecule is CCOC(=O)COCCNC(c1ccccc1)C1COc2c(Cc3c(F)cccc3C(F)(F)F)c(C)c(-c3cccc(OC(C)C)c3F)c(=O)n21. The van der Waals surface area contributed by atoms with Gasteiger partial charge in [-0.3, -0.25) is 9.36 Å². The molecule has 1 aromatic heterocycles. The Morgan fingerprint density at radius 3 is 2.43 bits per heavy atom. The summed E-state index contributed by atoms with van der Waals surface area (Å²) in [6.45, 7) is 6.78. The lowest BCUT2D eigenvalue weighted by Gasteiger charge is -2.27. The van der Waals surface area contributed by atoms with E-state index in [1.54, 1.807) is 32.9 Å². The number of esters is 1. The van der Waals surface area contributed by atoms with Crippen molar-refractivity contribution in [3.63, 3.8) is 0 Å². The van der Waals surface area contributed by atoms with E-state index in [0.717, 1.165) is 23.8 Å². The van der Waals surface area contributed by atoms with E-state index in [-0.39, 0.29) is 66.9 Å². The van der Waals surface area contributed by atoms with Crippen molar-refractivity contribution in [3.8, 4) is 22.8 Å². The first kappa shape index (κ1) is 37.5. The quantitative estimate of drug-likeness (QED) is 0.0831. The van der Waals surface area contributed by atoms with Gasteiger partial charge in [0.1, 0.15) is 19.0 Å². The van der Waals surface area contributed by atoms with Gasteiger partial charge in [0.15, 0.2) is 11.6 Å². The minimum atomic E-state index is -4.88. The molecule has 2 unspecified atom stereocenters. The molecule has 8 nitrogen and oxygen atoms in total. The summed E-state index contributed by atoms with van der Waals surface area (Å²) in [6.07, 6.45) is -5.87. The monoisotopic (exact) mass is 714 g/mol. The van der Waals surface area contributed by atoms with Crippen LogP contribution in [-0.4, -0.2) is 49.6 Å². The number of fused-ring (bicyclic) bond motifs is 1. The third kappa shape index (κ3) is 8.26. The van der Waals surface area contributed by atoms with E-state index in [0.29, 0.717) is 0 Å². The summed E-state index contributed by atoms with van der Waals surface area (Å²) in [5.41, 5.74) is -1.73. The Morgan fingerprint density at radius 1 is 1.02 bits per heavy atom. The fraction of sp³-hybridized carbons (Fsp3) is 0.368. The zero-order valence-electron chi connectivity index (χ0n) is 28.6. The van der Waals surface area contributed by atoms with Crippen LogP contribution in [0, 0.1) is 18.6 Å². The highest BCUT2D eigenvalue weighted by molar-refractivity contribution is 5.72. The lowest BCUT2D eigenvalue weighted by atomic mass is 9.91. The maximum absolute atomic E-state index is 16.2. The number of hydrogen-bond donors (Lipinski definition) is 1. The van der Waals surface area contributed by atoms with Gasteiger partial charge in [-0.15, -0.1) is 0 Å². The molecule has 1 N–H and O–H groups in total. The summed E-state index contributed by atoms with van der Waals surface area (Å²) in [4.78, 5) is 26.4. The van der Waals surface area contributed by atoms with Gasteiger partial charge in [0, 0.05) is 29.7 Å². The van der Waals surface area contributed by atoms with Gasteiger partial charge in [-0.1, -0.05) is 48.5 Å². The van der Waals surface area contributed by atoms with Crippen LogP contribution in [0.15, 0.2) is 71.5 Å². The molecule has 3 aromatic carbocycles. The van der Waals surface area contributed by atoms with E-state index >= 15 is 8.78 Å². The number of aromatic nitrogens is 1. The Labute approximate surface area is 292 Å². The number of rotatable bonds is 14. The van der Waals surface area contributed by atoms with E-state index < -0.39 is 65.1 Å². The van der Waals surface area contributed by atoms with Crippen LogP contribution in [0.5, 0.6) is 11.6 Å². The van der Waals surface area contributed by atoms with Crippen LogP contribution < -0.4 is 20.3 Å². The molecule has 0 aliphatic carbocycles. The van der Waals surface area contributed by atoms with Crippen LogP contribution in [0.2, 0.25) is 0 Å². The number of benzene rings is 3. The molecule has 0 saturated heterocycles. The maximum Gasteiger partial charge on any atom is 0.416 e. The number of carbonyl (C=O) groups is 1. The molecular formula is C38H39F5N2O6. The summed E-state index contributed by atoms with van der Waals surface area (Å²) in [5.74, 6) is -2.59. The Kier molecular flexibility index (Phi) is 11.8. The molecule has 2 atom stereocenters. The predicted octanol–water partition coefficient (Wildman–Crippen LogP) is 7.34. The zero-order valence-corrected chi connectivity index (χ0v) is 28.6. The molecule has 13 heteroatoms. The normalized spacial score (nSPS) is 14.7. The summed E-state index contributed by atoms with van der Waals surface area (Å²) in [5, 5.41) is 3.36. The van der Waals surface area contributed by atoms with Crippen molar-refractivity contribution in [2.24, 2.45) is 0 Å². The molecule has 0 spiro atoms. The van der Waals surface area contributed by atoms with E-state index in [9.17, 15) is 22.8 Å². The number of nitrogens with one attached hydrogen (secondary N) is 1. The number of hydrogen-bond acceptors (Lipinski definition) is 7. The second-order valence-corrected chi connectivity index (χ2v) is 12.3. The Morgan fingerprint density at radius 2 is 1.75 bits per heavy atom. The molecule has 51 heavy (non-hydrogen) atoms. The summed E-state index contributed by atoms with van der Waals surface area (Å²) in [6, 6.07) is 14.7. The highest BCUT2D eigenvalue weighted by Crippen LogP contribution is 2.43. The summed E-state index contributed by atoms with van der Waals surface area (Å²) < 4.78 is 97.4. The number of carbonyl (C=O) groups excluding carboxylic acids is 1. The van der Waals surface area contributed by atoms with E-state index in [1.807, 2.05) is 18.2 Å². The maximum atomic E-state index is 16.2. The smallest absolute Gasteiger partial charge is 0.416 e. The standard InChI is InChI=1S/C38H39F5N2O6/c1-5-49-32(46)21-48-18-17-44-35(24-11-7-6-8-12-24)30-20-50-37-26(19-27-28(38(41,42)43)14-10-15-29(27)39)23(4)33(36(47)45(30)37)25-13-9-16-31(34(25)40)51-22(2)3/h6-16,22,30,35,44H,5,17-21H2,1-4H3. The number of pyridine rings is 1. The highest BCUT2D eigenvalue weighted by Gasteiger charge is 2.39. The van der Waals surface area contributed by atoms with Gasteiger partial charge in [0.2, 0.25) is 5.88 Å². The van der Waals surface area contributed by atoms with E-state index in [4.69, 9.17) is 18.9 Å². The molecule has 0 fully saturated rings. The van der Waals surface area contributed by atoms with Gasteiger partial charge in [-0.2, -0.15) is 13.2 Å². The number of halogens is 5. The van der Waals surface area contributed by atoms with Crippen LogP contribution in [0.25, 0.3) is 11.1 Å². The molecule has 0 radical (unpaired) electrons. The average Bonchev–Trinajstić information content (AvgIpc) is 3.52. The van der Waals surface area contributed by atoms with Crippen molar-refractivity contribution in [2.75, 3.05) is 33.0 Å². The number of alkyl halides is 3. The van der Waals surface area contributed by atoms with Gasteiger partial charge in [0.25, 0.3) is 5.56 Å². The molecule has 0 amide bonds. The van der Waals surface area contributed by atoms with Gasteiger partial charge < -0.3 is 24.3 Å². The van der Waals surface area contributed by atoms with E-state index in [2.05, 4.69) is 5.32 Å². The molecule has 0 saturated carbocycles. The van der Waals surface area contributed by atoms with Crippen molar-refractivity contribution in [1.82, 2.24) is 9.88 Å². The van der Waals surface area contributed by atoms with Gasteiger partial charge in [-0.05, 0) is 57.0 Å². The van der Waals surface area contributed by atoms with Crippen molar-refractivity contribution >= 4 is 5.97 Å². The second kappa shape index (κ2) is 16.1. The van der Waals surface area contributed by atoms with Gasteiger partial charge in [-0.25, -0.2) is 13.6 Å². The van der Waals surface area contributed by atoms with Crippen LogP contribution in [0.3, 0.4) is 0 Å². The van der Waals surface area contributed by atoms with Crippen LogP contribution in [0.4, 0.5) is 22.0 Å². The highest BCUT2D eigenvalue weighted by atomic mass is 19.4. The van der Waals surface area contributed by atoms with Crippen molar-refractivity contribution in [3.05, 3.63) is 117 Å². The second-order valence-electron chi connectivity index (χ2n) is 12.3. The molecule has 2 heterocycles. The number of ether oxygens (including phenoxy) is 4. The predicted molar refractivity (Wildman–Crippen MR) is 180 cm³/mol. The van der Waals surface area contributed by atoms with Crippen molar-refractivity contribution in [1.29, 1.82) is 0 Å². The minimum Gasteiger partial charge on any atom is -0.488 e. The van der Waals surface area contributed by atoms with Gasteiger partial charge >= 0.3 is 12.1 Å². The molecule has 4 aromatic rings. The van der Waals surface area contributed by atoms with Crippen LogP contribution in [0.1, 0.15) is 60.7 Å². The van der Waals surface area contributed by atoms with Crippen molar-refractivity contribution < 1.29 is 45.7 Å². The topological polar surface area (TPSA) is 88.0 Å². The number of nitrogens with zero attached hydrogens (tertiary/aromatic N) is 1. The first-order valence-corrected chi connectivity index (χ1v) is 16.6. The van der Waals surface area contributed by atoms with Gasteiger partial charge in [0.05, 0.1) is 42.5 Å². The third-order valence-electron chi connectivity index (χ3n) is 8.51. The van der Waals surface area contributed by atoms with Crippen LogP contribution >= 0.6 is 0 Å². The molecule has 1 aliphatic rings. The van der Waals surface area contributed by atoms with E-state index in [1.165, 1.54) is 29.7 Å². The lowest BCUT2D eigenvalue weighted by molar-refractivity contribution is -0.148. The van der Waals surface area contributed by atoms with Crippen LogP contribution in [-0.2, 0) is 26.9 Å². The molecule has 1 aliphatic heterocycles.